The predicted molar refractivity (Wildman–Crippen MR) is 71.3 cm³/mol. The van der Waals surface area contributed by atoms with Gasteiger partial charge < -0.3 is 4.74 Å². The molecule has 0 aliphatic carbocycles. The molecule has 0 aromatic heterocycles. The van der Waals surface area contributed by atoms with Gasteiger partial charge in [0.15, 0.2) is 0 Å². The number of nitrogens with zero attached hydrogens (tertiary/aromatic N) is 2. The monoisotopic (exact) mass is 328 g/mol. The number of alkyl halides is 3. The summed E-state index contributed by atoms with van der Waals surface area (Å²) in [6.07, 6.45) is -4.78. The van der Waals surface area contributed by atoms with Crippen LogP contribution in [-0.2, 0) is 6.18 Å². The highest BCUT2D eigenvalue weighted by Gasteiger charge is 2.33. The van der Waals surface area contributed by atoms with Crippen molar-refractivity contribution in [3.05, 3.63) is 68.3 Å². The third-order valence-corrected chi connectivity index (χ3v) is 2.71. The third-order valence-electron chi connectivity index (χ3n) is 2.71. The molecular weight excluding hydrogens is 321 g/mol. The van der Waals surface area contributed by atoms with Gasteiger partial charge in [0, 0.05) is 18.2 Å². The Balaban J connectivity index is 2.36. The van der Waals surface area contributed by atoms with E-state index in [2.05, 4.69) is 0 Å². The quantitative estimate of drug-likeness (QED) is 0.615. The van der Waals surface area contributed by atoms with Gasteiger partial charge in [-0.25, -0.2) is 0 Å². The van der Waals surface area contributed by atoms with Crippen LogP contribution in [0.5, 0.6) is 11.5 Å². The minimum absolute atomic E-state index is 0.00391. The summed E-state index contributed by atoms with van der Waals surface area (Å²) in [5.74, 6) is -0.399. The Morgan fingerprint density at radius 3 is 1.87 bits per heavy atom. The van der Waals surface area contributed by atoms with Crippen molar-refractivity contribution >= 4 is 11.4 Å². The van der Waals surface area contributed by atoms with Gasteiger partial charge in [-0.2, -0.15) is 13.2 Å². The number of halogens is 3. The summed E-state index contributed by atoms with van der Waals surface area (Å²) in [6, 6.07) is 6.36. The molecule has 0 bridgehead atoms. The molecule has 0 fully saturated rings. The fraction of sp³-hybridized carbons (Fsp3) is 0.0769. The molecule has 0 N–H and O–H groups in total. The smallest absolute Gasteiger partial charge is 0.416 e. The lowest BCUT2D eigenvalue weighted by Crippen LogP contribution is -2.06. The van der Waals surface area contributed by atoms with Crippen LogP contribution in [-0.4, -0.2) is 9.85 Å². The first-order chi connectivity index (χ1) is 10.7. The molecule has 0 unspecified atom stereocenters. The minimum atomic E-state index is -4.78. The largest absolute Gasteiger partial charge is 0.457 e. The minimum Gasteiger partial charge on any atom is -0.457 e. The molecule has 0 heterocycles. The summed E-state index contributed by atoms with van der Waals surface area (Å²) >= 11 is 0. The summed E-state index contributed by atoms with van der Waals surface area (Å²) in [5, 5.41) is 21.2. The molecule has 0 saturated carbocycles. The van der Waals surface area contributed by atoms with Crippen LogP contribution < -0.4 is 4.74 Å². The Morgan fingerprint density at radius 2 is 1.39 bits per heavy atom. The van der Waals surface area contributed by atoms with Crippen molar-refractivity contribution in [1.29, 1.82) is 0 Å². The highest BCUT2D eigenvalue weighted by molar-refractivity contribution is 5.46. The summed E-state index contributed by atoms with van der Waals surface area (Å²) < 4.78 is 43.3. The summed E-state index contributed by atoms with van der Waals surface area (Å²) in [7, 11) is 0. The summed E-state index contributed by atoms with van der Waals surface area (Å²) in [4.78, 5) is 19.6. The number of nitro groups is 2. The summed E-state index contributed by atoms with van der Waals surface area (Å²) in [5.41, 5.74) is -2.24. The number of benzene rings is 2. The molecule has 0 spiro atoms. The van der Waals surface area contributed by atoms with Gasteiger partial charge in [0.05, 0.1) is 21.5 Å². The lowest BCUT2D eigenvalue weighted by molar-refractivity contribution is -0.385. The molecule has 2 aromatic rings. The van der Waals surface area contributed by atoms with Crippen molar-refractivity contribution < 1.29 is 27.8 Å². The first kappa shape index (κ1) is 16.2. The van der Waals surface area contributed by atoms with E-state index >= 15 is 0 Å². The SMILES string of the molecule is O=[N+]([O-])c1ccc(Oc2cc([N+](=O)[O-])cc(C(F)(F)F)c2)cc1. The van der Waals surface area contributed by atoms with Crippen LogP contribution in [0.25, 0.3) is 0 Å². The van der Waals surface area contributed by atoms with E-state index < -0.39 is 33.0 Å². The standard InChI is InChI=1S/C13H7F3N2O5/c14-13(15,16)8-5-10(18(21)22)7-12(6-8)23-11-3-1-9(2-4-11)17(19)20/h1-7H. The number of hydrogen-bond donors (Lipinski definition) is 0. The first-order valence-corrected chi connectivity index (χ1v) is 5.96. The van der Waals surface area contributed by atoms with Crippen LogP contribution in [0.1, 0.15) is 5.56 Å². The Morgan fingerprint density at radius 1 is 0.826 bits per heavy atom. The lowest BCUT2D eigenvalue weighted by Gasteiger charge is -2.10. The molecule has 120 valence electrons. The lowest BCUT2D eigenvalue weighted by atomic mass is 10.2. The van der Waals surface area contributed by atoms with E-state index in [4.69, 9.17) is 4.74 Å². The Kier molecular flexibility index (Phi) is 4.16. The van der Waals surface area contributed by atoms with Gasteiger partial charge in [0.1, 0.15) is 11.5 Å². The van der Waals surface area contributed by atoms with Crippen molar-refractivity contribution in [1.82, 2.24) is 0 Å². The molecule has 0 atom stereocenters. The van der Waals surface area contributed by atoms with Crippen LogP contribution in [0.3, 0.4) is 0 Å². The van der Waals surface area contributed by atoms with Gasteiger partial charge in [0.25, 0.3) is 11.4 Å². The Labute approximate surface area is 126 Å². The van der Waals surface area contributed by atoms with Gasteiger partial charge in [-0.05, 0) is 18.2 Å². The topological polar surface area (TPSA) is 95.5 Å². The van der Waals surface area contributed by atoms with E-state index in [0.29, 0.717) is 12.1 Å². The van der Waals surface area contributed by atoms with Crippen molar-refractivity contribution in [2.45, 2.75) is 6.18 Å². The van der Waals surface area contributed by atoms with E-state index in [0.717, 1.165) is 18.2 Å². The molecular formula is C13H7F3N2O5. The van der Waals surface area contributed by atoms with Crippen LogP contribution in [0.15, 0.2) is 42.5 Å². The second kappa shape index (κ2) is 5.91. The Bertz CT molecular complexity index is 759. The predicted octanol–water partition coefficient (Wildman–Crippen LogP) is 4.31. The van der Waals surface area contributed by atoms with Crippen molar-refractivity contribution in [2.24, 2.45) is 0 Å². The van der Waals surface area contributed by atoms with Crippen LogP contribution in [0, 0.1) is 20.2 Å². The van der Waals surface area contributed by atoms with Gasteiger partial charge >= 0.3 is 6.18 Å². The molecule has 10 heteroatoms. The zero-order chi connectivity index (χ0) is 17.2. The van der Waals surface area contributed by atoms with Crippen molar-refractivity contribution in [2.75, 3.05) is 0 Å². The highest BCUT2D eigenvalue weighted by Crippen LogP contribution is 2.36. The van der Waals surface area contributed by atoms with Gasteiger partial charge in [-0.3, -0.25) is 20.2 Å². The molecule has 0 saturated heterocycles. The van der Waals surface area contributed by atoms with Crippen LogP contribution in [0.4, 0.5) is 24.5 Å². The van der Waals surface area contributed by atoms with E-state index in [1.54, 1.807) is 0 Å². The van der Waals surface area contributed by atoms with Gasteiger partial charge in [0.2, 0.25) is 0 Å². The number of non-ortho nitro benzene ring substituents is 2. The van der Waals surface area contributed by atoms with Gasteiger partial charge in [-0.15, -0.1) is 0 Å². The molecule has 7 nitrogen and oxygen atoms in total. The maximum atomic E-state index is 12.7. The maximum Gasteiger partial charge on any atom is 0.416 e. The normalized spacial score (nSPS) is 11.1. The molecule has 0 aliphatic rings. The van der Waals surface area contributed by atoms with E-state index in [1.807, 2.05) is 0 Å². The molecule has 2 aromatic carbocycles. The number of rotatable bonds is 4. The van der Waals surface area contributed by atoms with E-state index in [-0.39, 0.29) is 11.4 Å². The average Bonchev–Trinajstić information content (AvgIpc) is 2.46. The molecule has 23 heavy (non-hydrogen) atoms. The highest BCUT2D eigenvalue weighted by atomic mass is 19.4. The number of ether oxygens (including phenoxy) is 1. The maximum absolute atomic E-state index is 12.7. The molecule has 0 aliphatic heterocycles. The van der Waals surface area contributed by atoms with E-state index in [9.17, 15) is 33.4 Å². The zero-order valence-corrected chi connectivity index (χ0v) is 11.1. The molecule has 0 amide bonds. The second-order valence-corrected chi connectivity index (χ2v) is 4.32. The van der Waals surface area contributed by atoms with Crippen molar-refractivity contribution in [3.8, 4) is 11.5 Å². The van der Waals surface area contributed by atoms with E-state index in [1.165, 1.54) is 12.1 Å². The number of nitro benzene ring substituents is 2. The average molecular weight is 328 g/mol. The fourth-order valence-electron chi connectivity index (χ4n) is 1.68. The number of hydrogen-bond acceptors (Lipinski definition) is 5. The van der Waals surface area contributed by atoms with Crippen molar-refractivity contribution in [3.63, 3.8) is 0 Å². The second-order valence-electron chi connectivity index (χ2n) is 4.32. The van der Waals surface area contributed by atoms with Crippen LogP contribution in [0.2, 0.25) is 0 Å². The fourth-order valence-corrected chi connectivity index (χ4v) is 1.68. The third kappa shape index (κ3) is 3.93. The summed E-state index contributed by atoms with van der Waals surface area (Å²) in [6.45, 7) is 0. The van der Waals surface area contributed by atoms with Crippen LogP contribution >= 0.6 is 0 Å². The first-order valence-electron chi connectivity index (χ1n) is 5.96. The molecule has 0 radical (unpaired) electrons. The Hall–Kier alpha value is -3.17. The molecule has 2 rings (SSSR count). The van der Waals surface area contributed by atoms with Gasteiger partial charge in [-0.1, -0.05) is 0 Å². The zero-order valence-electron chi connectivity index (χ0n) is 11.1.